The van der Waals surface area contributed by atoms with Crippen LogP contribution in [0.3, 0.4) is 0 Å². The maximum Gasteiger partial charge on any atom is 0.242 e. The predicted molar refractivity (Wildman–Crippen MR) is 133 cm³/mol. The van der Waals surface area contributed by atoms with Crippen LogP contribution in [0.25, 0.3) is 0 Å². The number of hydrogen-bond donors (Lipinski definition) is 1. The summed E-state index contributed by atoms with van der Waals surface area (Å²) in [5.74, 6) is -1.05. The van der Waals surface area contributed by atoms with Crippen LogP contribution >= 0.6 is 11.6 Å². The van der Waals surface area contributed by atoms with Gasteiger partial charge in [0.2, 0.25) is 21.8 Å². The molecule has 0 bridgehead atoms. The van der Waals surface area contributed by atoms with Crippen LogP contribution in [0.5, 0.6) is 0 Å². The molecular formula is C24H31ClFN3O4S. The van der Waals surface area contributed by atoms with Crippen LogP contribution in [0.4, 0.5) is 10.1 Å². The van der Waals surface area contributed by atoms with Gasteiger partial charge in [-0.3, -0.25) is 13.9 Å². The zero-order chi connectivity index (χ0) is 25.3. The quantitative estimate of drug-likeness (QED) is 0.467. The number of anilines is 1. The molecule has 0 heterocycles. The molecular weight excluding hydrogens is 481 g/mol. The normalized spacial score (nSPS) is 12.1. The number of hydrogen-bond acceptors (Lipinski definition) is 4. The Labute approximate surface area is 205 Å². The van der Waals surface area contributed by atoms with Crippen molar-refractivity contribution in [3.8, 4) is 0 Å². The van der Waals surface area contributed by atoms with Gasteiger partial charge in [0.05, 0.1) is 11.9 Å². The van der Waals surface area contributed by atoms with E-state index in [-0.39, 0.29) is 37.7 Å². The molecule has 0 fully saturated rings. The minimum atomic E-state index is -3.64. The Balaban J connectivity index is 2.15. The lowest BCUT2D eigenvalue weighted by Crippen LogP contribution is -2.47. The molecule has 0 aliphatic carbocycles. The monoisotopic (exact) mass is 511 g/mol. The minimum absolute atomic E-state index is 0.0169. The Morgan fingerprint density at radius 3 is 2.35 bits per heavy atom. The fourth-order valence-electron chi connectivity index (χ4n) is 3.40. The van der Waals surface area contributed by atoms with E-state index in [1.165, 1.54) is 29.2 Å². The molecule has 1 N–H and O–H groups in total. The van der Waals surface area contributed by atoms with Gasteiger partial charge in [-0.25, -0.2) is 12.8 Å². The smallest absolute Gasteiger partial charge is 0.242 e. The fraction of sp³-hybridized carbons (Fsp3) is 0.417. The third-order valence-corrected chi connectivity index (χ3v) is 6.84. The van der Waals surface area contributed by atoms with Gasteiger partial charge in [-0.1, -0.05) is 36.7 Å². The molecule has 0 spiro atoms. The van der Waals surface area contributed by atoms with Gasteiger partial charge in [0.1, 0.15) is 11.9 Å². The van der Waals surface area contributed by atoms with Crippen molar-refractivity contribution in [3.05, 3.63) is 64.9 Å². The highest BCUT2D eigenvalue weighted by Gasteiger charge is 2.27. The zero-order valence-electron chi connectivity index (χ0n) is 19.6. The minimum Gasteiger partial charge on any atom is -0.354 e. The molecule has 7 nitrogen and oxygen atoms in total. The molecule has 0 saturated carbocycles. The van der Waals surface area contributed by atoms with Crippen molar-refractivity contribution < 1.29 is 22.4 Å². The number of rotatable bonds is 12. The lowest BCUT2D eigenvalue weighted by Gasteiger charge is -2.29. The van der Waals surface area contributed by atoms with Crippen molar-refractivity contribution in [2.75, 3.05) is 23.7 Å². The molecule has 2 rings (SSSR count). The lowest BCUT2D eigenvalue weighted by molar-refractivity contribution is -0.140. The van der Waals surface area contributed by atoms with Gasteiger partial charge in [0.15, 0.2) is 0 Å². The van der Waals surface area contributed by atoms with E-state index >= 15 is 0 Å². The van der Waals surface area contributed by atoms with E-state index in [2.05, 4.69) is 5.32 Å². The third-order valence-electron chi connectivity index (χ3n) is 5.28. The van der Waals surface area contributed by atoms with Crippen LogP contribution in [0.15, 0.2) is 48.5 Å². The average Bonchev–Trinajstić information content (AvgIpc) is 2.79. The van der Waals surface area contributed by atoms with Crippen LogP contribution in [0, 0.1) is 5.82 Å². The summed E-state index contributed by atoms with van der Waals surface area (Å²) in [5, 5.41) is 3.29. The first-order valence-corrected chi connectivity index (χ1v) is 13.3. The van der Waals surface area contributed by atoms with E-state index in [1.807, 2.05) is 6.92 Å². The molecule has 10 heteroatoms. The summed E-state index contributed by atoms with van der Waals surface area (Å²) in [5.41, 5.74) is 1.02. The average molecular weight is 512 g/mol. The van der Waals surface area contributed by atoms with Crippen molar-refractivity contribution in [1.82, 2.24) is 10.2 Å². The standard InChI is InChI=1S/C24H31ClFN3O4S/c1-4-15-27-24(31)18(2)28(17-19-8-5-6-9-22(19)25)23(30)10-7-16-29(34(3,32)33)21-13-11-20(26)12-14-21/h5-6,8-9,11-14,18H,4,7,10,15-17H2,1-3H3,(H,27,31)/t18-/m0/s1. The molecule has 0 aromatic heterocycles. The first-order valence-electron chi connectivity index (χ1n) is 11.1. The highest BCUT2D eigenvalue weighted by molar-refractivity contribution is 7.92. The number of nitrogens with zero attached hydrogens (tertiary/aromatic N) is 2. The second kappa shape index (κ2) is 12.7. The van der Waals surface area contributed by atoms with Crippen LogP contribution in [0.2, 0.25) is 5.02 Å². The highest BCUT2D eigenvalue weighted by atomic mass is 35.5. The number of nitrogens with one attached hydrogen (secondary N) is 1. The van der Waals surface area contributed by atoms with E-state index in [9.17, 15) is 22.4 Å². The van der Waals surface area contributed by atoms with Crippen molar-refractivity contribution in [2.45, 2.75) is 45.7 Å². The van der Waals surface area contributed by atoms with Gasteiger partial charge in [-0.2, -0.15) is 0 Å². The Hall–Kier alpha value is -2.65. The van der Waals surface area contributed by atoms with Gasteiger partial charge in [-0.05, 0) is 55.7 Å². The lowest BCUT2D eigenvalue weighted by atomic mass is 10.1. The summed E-state index contributed by atoms with van der Waals surface area (Å²) in [7, 11) is -3.64. The Kier molecular flexibility index (Phi) is 10.3. The molecule has 34 heavy (non-hydrogen) atoms. The van der Waals surface area contributed by atoms with Gasteiger partial charge in [0, 0.05) is 31.1 Å². The number of sulfonamides is 1. The summed E-state index contributed by atoms with van der Waals surface area (Å²) in [6, 6.07) is 11.5. The largest absolute Gasteiger partial charge is 0.354 e. The van der Waals surface area contributed by atoms with Gasteiger partial charge >= 0.3 is 0 Å². The van der Waals surface area contributed by atoms with E-state index in [0.717, 1.165) is 17.0 Å². The maximum atomic E-state index is 13.3. The predicted octanol–water partition coefficient (Wildman–Crippen LogP) is 3.97. The molecule has 0 unspecified atom stereocenters. The third kappa shape index (κ3) is 7.99. The number of halogens is 2. The number of amides is 2. The summed E-state index contributed by atoms with van der Waals surface area (Å²) in [4.78, 5) is 27.2. The topological polar surface area (TPSA) is 86.8 Å². The SMILES string of the molecule is CCCNC(=O)[C@H](C)N(Cc1ccccc1Cl)C(=O)CCCN(c1ccc(F)cc1)S(C)(=O)=O. The van der Waals surface area contributed by atoms with Crippen LogP contribution in [0.1, 0.15) is 38.7 Å². The maximum absolute atomic E-state index is 13.3. The molecule has 0 aliphatic heterocycles. The molecule has 0 saturated heterocycles. The van der Waals surface area contributed by atoms with E-state index in [1.54, 1.807) is 31.2 Å². The number of benzene rings is 2. The molecule has 2 amide bonds. The molecule has 0 aliphatic rings. The van der Waals surface area contributed by atoms with Crippen LogP contribution in [-0.4, -0.2) is 50.5 Å². The Bertz CT molecular complexity index is 1080. The Morgan fingerprint density at radius 2 is 1.76 bits per heavy atom. The van der Waals surface area contributed by atoms with Crippen molar-refractivity contribution in [3.63, 3.8) is 0 Å². The molecule has 0 radical (unpaired) electrons. The zero-order valence-corrected chi connectivity index (χ0v) is 21.2. The first kappa shape index (κ1) is 27.6. The van der Waals surface area contributed by atoms with E-state index in [0.29, 0.717) is 22.8 Å². The van der Waals surface area contributed by atoms with Crippen LogP contribution < -0.4 is 9.62 Å². The van der Waals surface area contributed by atoms with Gasteiger partial charge in [-0.15, -0.1) is 0 Å². The van der Waals surface area contributed by atoms with Gasteiger partial charge in [0.25, 0.3) is 0 Å². The molecule has 186 valence electrons. The second-order valence-corrected chi connectivity index (χ2v) is 10.3. The van der Waals surface area contributed by atoms with Crippen LogP contribution in [-0.2, 0) is 26.2 Å². The molecule has 2 aromatic carbocycles. The van der Waals surface area contributed by atoms with Crippen molar-refractivity contribution in [1.29, 1.82) is 0 Å². The summed E-state index contributed by atoms with van der Waals surface area (Å²) in [6.07, 6.45) is 2.05. The molecule has 1 atom stereocenters. The van der Waals surface area contributed by atoms with E-state index < -0.39 is 21.9 Å². The van der Waals surface area contributed by atoms with Crippen molar-refractivity contribution >= 4 is 39.1 Å². The van der Waals surface area contributed by atoms with Gasteiger partial charge < -0.3 is 10.2 Å². The second-order valence-electron chi connectivity index (χ2n) is 8.00. The summed E-state index contributed by atoms with van der Waals surface area (Å²) >= 11 is 6.28. The fourth-order valence-corrected chi connectivity index (χ4v) is 4.56. The summed E-state index contributed by atoms with van der Waals surface area (Å²) < 4.78 is 38.9. The van der Waals surface area contributed by atoms with E-state index in [4.69, 9.17) is 11.6 Å². The number of carbonyl (C=O) groups is 2. The molecule has 2 aromatic rings. The summed E-state index contributed by atoms with van der Waals surface area (Å²) in [6.45, 7) is 4.27. The first-order chi connectivity index (χ1) is 16.0. The van der Waals surface area contributed by atoms with Crippen molar-refractivity contribution in [2.24, 2.45) is 0 Å². The highest BCUT2D eigenvalue weighted by Crippen LogP contribution is 2.21. The number of carbonyl (C=O) groups excluding carboxylic acids is 2. The Morgan fingerprint density at radius 1 is 1.12 bits per heavy atom.